The average molecular weight is 395 g/mol. The summed E-state index contributed by atoms with van der Waals surface area (Å²) in [6.45, 7) is 2.03. The number of aliphatic hydroxyl groups is 1. The Morgan fingerprint density at radius 2 is 2.10 bits per heavy atom. The highest BCUT2D eigenvalue weighted by atomic mass is 19.1. The number of aliphatic hydroxyl groups excluding tert-OH is 1. The zero-order valence-electron chi connectivity index (χ0n) is 15.8. The minimum atomic E-state index is -0.730. The molecule has 150 valence electrons. The van der Waals surface area contributed by atoms with Gasteiger partial charge in [0.25, 0.3) is 0 Å². The van der Waals surface area contributed by atoms with Crippen LogP contribution in [0.5, 0.6) is 5.75 Å². The summed E-state index contributed by atoms with van der Waals surface area (Å²) in [6.07, 6.45) is 2.06. The van der Waals surface area contributed by atoms with Gasteiger partial charge in [-0.25, -0.2) is 4.39 Å². The van der Waals surface area contributed by atoms with Crippen LogP contribution in [0.4, 0.5) is 4.39 Å². The van der Waals surface area contributed by atoms with Gasteiger partial charge in [-0.15, -0.1) is 0 Å². The van der Waals surface area contributed by atoms with Crippen molar-refractivity contribution in [2.75, 3.05) is 32.8 Å². The van der Waals surface area contributed by atoms with E-state index < -0.39 is 11.9 Å². The van der Waals surface area contributed by atoms with Gasteiger partial charge in [0.1, 0.15) is 24.3 Å². The molecular formula is C22H22FN3O3. The van der Waals surface area contributed by atoms with Gasteiger partial charge in [0.05, 0.1) is 12.7 Å². The normalized spacial score (nSPS) is 15.9. The number of hydrogen-bond acceptors (Lipinski definition) is 5. The van der Waals surface area contributed by atoms with Crippen LogP contribution in [0.3, 0.4) is 0 Å². The number of carbonyl (C=O) groups excluding carboxylic acids is 1. The number of halogens is 1. The van der Waals surface area contributed by atoms with Crippen molar-refractivity contribution in [2.24, 2.45) is 0 Å². The van der Waals surface area contributed by atoms with Crippen LogP contribution in [-0.4, -0.2) is 59.8 Å². The van der Waals surface area contributed by atoms with E-state index in [1.807, 2.05) is 41.3 Å². The van der Waals surface area contributed by atoms with Crippen LogP contribution in [0.2, 0.25) is 0 Å². The van der Waals surface area contributed by atoms with Crippen LogP contribution in [0.25, 0.3) is 21.9 Å². The monoisotopic (exact) mass is 395 g/mol. The second kappa shape index (κ2) is 8.55. The first-order valence-corrected chi connectivity index (χ1v) is 9.52. The lowest BCUT2D eigenvalue weighted by Crippen LogP contribution is -2.50. The Hall–Kier alpha value is -3.03. The first-order chi connectivity index (χ1) is 14.1. The number of fused-ring (bicyclic) bond motifs is 1. The quantitative estimate of drug-likeness (QED) is 0.670. The lowest BCUT2D eigenvalue weighted by molar-refractivity contribution is -0.124. The van der Waals surface area contributed by atoms with Crippen LogP contribution in [-0.2, 0) is 4.79 Å². The molecular weight excluding hydrogens is 373 g/mol. The van der Waals surface area contributed by atoms with Crippen molar-refractivity contribution in [1.82, 2.24) is 15.2 Å². The Morgan fingerprint density at radius 1 is 1.24 bits per heavy atom. The standard InChI is InChI=1S/C22H22FN3O3/c23-17-7-16(10-24-11-17)21-9-19(8-15-3-1-2-4-20(15)21)29-14-18(27)12-26-6-5-25-22(28)13-26/h1-4,7-11,18,27H,5-6,12-14H2,(H,25,28). The number of aromatic nitrogens is 1. The van der Waals surface area contributed by atoms with Gasteiger partial charge < -0.3 is 15.2 Å². The molecule has 4 rings (SSSR count). The van der Waals surface area contributed by atoms with E-state index in [2.05, 4.69) is 10.3 Å². The molecule has 1 aliphatic rings. The van der Waals surface area contributed by atoms with Gasteiger partial charge in [-0.2, -0.15) is 0 Å². The molecule has 2 heterocycles. The first kappa shape index (κ1) is 19.3. The van der Waals surface area contributed by atoms with Crippen LogP contribution in [0.15, 0.2) is 54.9 Å². The molecule has 6 nitrogen and oxygen atoms in total. The van der Waals surface area contributed by atoms with Gasteiger partial charge in [0.15, 0.2) is 0 Å². The van der Waals surface area contributed by atoms with E-state index in [4.69, 9.17) is 4.74 Å². The Balaban J connectivity index is 1.52. The number of hydrogen-bond donors (Lipinski definition) is 2. The molecule has 1 unspecified atom stereocenters. The highest BCUT2D eigenvalue weighted by molar-refractivity contribution is 5.97. The van der Waals surface area contributed by atoms with Crippen molar-refractivity contribution in [2.45, 2.75) is 6.10 Å². The number of rotatable bonds is 6. The predicted octanol–water partition coefficient (Wildman–Crippen LogP) is 2.21. The van der Waals surface area contributed by atoms with Crippen LogP contribution >= 0.6 is 0 Å². The number of ether oxygens (including phenoxy) is 1. The summed E-state index contributed by atoms with van der Waals surface area (Å²) in [5.74, 6) is 0.143. The molecule has 1 fully saturated rings. The van der Waals surface area contributed by atoms with E-state index in [1.54, 1.807) is 6.20 Å². The van der Waals surface area contributed by atoms with Crippen LogP contribution < -0.4 is 10.1 Å². The van der Waals surface area contributed by atoms with Crippen LogP contribution in [0, 0.1) is 5.82 Å². The molecule has 0 aliphatic carbocycles. The summed E-state index contributed by atoms with van der Waals surface area (Å²) in [5, 5.41) is 15.0. The summed E-state index contributed by atoms with van der Waals surface area (Å²) >= 11 is 0. The fourth-order valence-corrected chi connectivity index (χ4v) is 3.55. The summed E-state index contributed by atoms with van der Waals surface area (Å²) in [6, 6.07) is 13.0. The Bertz CT molecular complexity index is 1030. The number of carbonyl (C=O) groups is 1. The third-order valence-corrected chi connectivity index (χ3v) is 4.88. The van der Waals surface area contributed by atoms with Crippen molar-refractivity contribution in [1.29, 1.82) is 0 Å². The topological polar surface area (TPSA) is 74.7 Å². The number of pyridine rings is 1. The van der Waals surface area contributed by atoms with E-state index in [1.165, 1.54) is 12.3 Å². The number of benzene rings is 2. The minimum absolute atomic E-state index is 0.0350. The zero-order chi connectivity index (χ0) is 20.2. The number of β-amino-alcohol motifs (C(OH)–C–C–N with tert-alkyl or cyclic N) is 1. The summed E-state index contributed by atoms with van der Waals surface area (Å²) < 4.78 is 19.5. The van der Waals surface area contributed by atoms with E-state index in [9.17, 15) is 14.3 Å². The highest BCUT2D eigenvalue weighted by Crippen LogP contribution is 2.33. The van der Waals surface area contributed by atoms with Gasteiger partial charge in [0, 0.05) is 31.4 Å². The SMILES string of the molecule is O=C1CN(CC(O)COc2cc(-c3cncc(F)c3)c3ccccc3c2)CCN1. The van der Waals surface area contributed by atoms with Crippen molar-refractivity contribution >= 4 is 16.7 Å². The largest absolute Gasteiger partial charge is 0.491 e. The molecule has 1 atom stereocenters. The van der Waals surface area contributed by atoms with E-state index in [-0.39, 0.29) is 19.1 Å². The van der Waals surface area contributed by atoms with E-state index in [0.29, 0.717) is 30.9 Å². The van der Waals surface area contributed by atoms with E-state index in [0.717, 1.165) is 16.3 Å². The number of nitrogens with one attached hydrogen (secondary N) is 1. The molecule has 7 heteroatoms. The summed E-state index contributed by atoms with van der Waals surface area (Å²) in [4.78, 5) is 17.3. The molecule has 29 heavy (non-hydrogen) atoms. The molecule has 1 saturated heterocycles. The summed E-state index contributed by atoms with van der Waals surface area (Å²) in [7, 11) is 0. The zero-order valence-corrected chi connectivity index (χ0v) is 15.8. The van der Waals surface area contributed by atoms with E-state index >= 15 is 0 Å². The van der Waals surface area contributed by atoms with Gasteiger partial charge in [-0.3, -0.25) is 14.7 Å². The van der Waals surface area contributed by atoms with Crippen molar-refractivity contribution in [3.8, 4) is 16.9 Å². The van der Waals surface area contributed by atoms with Gasteiger partial charge in [0.2, 0.25) is 5.91 Å². The number of nitrogens with zero attached hydrogens (tertiary/aromatic N) is 2. The van der Waals surface area contributed by atoms with Gasteiger partial charge in [-0.1, -0.05) is 24.3 Å². The minimum Gasteiger partial charge on any atom is -0.491 e. The van der Waals surface area contributed by atoms with Gasteiger partial charge >= 0.3 is 0 Å². The predicted molar refractivity (Wildman–Crippen MR) is 108 cm³/mol. The van der Waals surface area contributed by atoms with Crippen molar-refractivity contribution in [3.05, 3.63) is 60.7 Å². The lowest BCUT2D eigenvalue weighted by atomic mass is 9.99. The molecule has 1 aromatic heterocycles. The second-order valence-electron chi connectivity index (χ2n) is 7.13. The maximum Gasteiger partial charge on any atom is 0.234 e. The third-order valence-electron chi connectivity index (χ3n) is 4.88. The molecule has 3 aromatic rings. The molecule has 2 aromatic carbocycles. The second-order valence-corrected chi connectivity index (χ2v) is 7.13. The Morgan fingerprint density at radius 3 is 2.93 bits per heavy atom. The molecule has 0 saturated carbocycles. The maximum absolute atomic E-state index is 13.7. The Labute approximate surface area is 167 Å². The molecule has 1 amide bonds. The average Bonchev–Trinajstić information content (AvgIpc) is 2.71. The Kier molecular flexibility index (Phi) is 5.69. The first-order valence-electron chi connectivity index (χ1n) is 9.52. The smallest absolute Gasteiger partial charge is 0.234 e. The lowest BCUT2D eigenvalue weighted by Gasteiger charge is -2.28. The molecule has 0 bridgehead atoms. The maximum atomic E-state index is 13.7. The number of piperazine rings is 1. The molecule has 1 aliphatic heterocycles. The molecule has 0 radical (unpaired) electrons. The van der Waals surface area contributed by atoms with Crippen molar-refractivity contribution < 1.29 is 19.0 Å². The third kappa shape index (κ3) is 4.70. The molecule has 0 spiro atoms. The fourth-order valence-electron chi connectivity index (χ4n) is 3.55. The molecule has 2 N–H and O–H groups in total. The van der Waals surface area contributed by atoms with Gasteiger partial charge in [-0.05, 0) is 34.5 Å². The highest BCUT2D eigenvalue weighted by Gasteiger charge is 2.19. The number of amides is 1. The van der Waals surface area contributed by atoms with Crippen molar-refractivity contribution in [3.63, 3.8) is 0 Å². The van der Waals surface area contributed by atoms with Crippen LogP contribution in [0.1, 0.15) is 0 Å². The fraction of sp³-hybridized carbons (Fsp3) is 0.273. The summed E-state index contributed by atoms with van der Waals surface area (Å²) in [5.41, 5.74) is 1.47.